The molecule has 9 heteroatoms. The average Bonchev–Trinajstić information content (AvgIpc) is 3.10. The van der Waals surface area contributed by atoms with Gasteiger partial charge in [0, 0.05) is 56.3 Å². The summed E-state index contributed by atoms with van der Waals surface area (Å²) in [5.74, 6) is 2.23. The average molecular weight is 397 g/mol. The maximum Gasteiger partial charge on any atom is 0.212 e. The Balaban J connectivity index is 2.70. The molecule has 152 valence electrons. The second-order valence-electron chi connectivity index (χ2n) is 6.89. The number of nitriles is 1. The van der Waals surface area contributed by atoms with E-state index in [2.05, 4.69) is 19.7 Å². The first-order chi connectivity index (χ1) is 12.8. The van der Waals surface area contributed by atoms with Crippen LogP contribution in [0.2, 0.25) is 0 Å². The van der Waals surface area contributed by atoms with Gasteiger partial charge in [0.05, 0.1) is 12.0 Å². The van der Waals surface area contributed by atoms with Gasteiger partial charge in [0.25, 0.3) is 0 Å². The van der Waals surface area contributed by atoms with Gasteiger partial charge in [0.1, 0.15) is 5.76 Å². The first kappa shape index (κ1) is 23.1. The molecule has 0 spiro atoms. The van der Waals surface area contributed by atoms with Gasteiger partial charge in [0.15, 0.2) is 0 Å². The van der Waals surface area contributed by atoms with Crippen molar-refractivity contribution in [3.05, 3.63) is 24.2 Å². The molecule has 0 radical (unpaired) electrons. The molecule has 1 heterocycles. The maximum absolute atomic E-state index is 12.3. The van der Waals surface area contributed by atoms with Gasteiger partial charge in [-0.25, -0.2) is 0 Å². The number of hydrogen-bond acceptors (Lipinski definition) is 6. The quantitative estimate of drug-likeness (QED) is 0.310. The molecule has 0 fully saturated rings. The molecule has 0 aliphatic rings. The van der Waals surface area contributed by atoms with Crippen LogP contribution in [0.25, 0.3) is 0 Å². The van der Waals surface area contributed by atoms with E-state index < -0.39 is 10.8 Å². The van der Waals surface area contributed by atoms with Gasteiger partial charge in [-0.2, -0.15) is 5.26 Å². The van der Waals surface area contributed by atoms with Crippen LogP contribution in [0.3, 0.4) is 0 Å². The highest BCUT2D eigenvalue weighted by Gasteiger charge is 2.17. The number of hydrogen-bond donors (Lipinski definition) is 0. The summed E-state index contributed by atoms with van der Waals surface area (Å²) in [5.41, 5.74) is 0. The molecule has 0 aliphatic carbocycles. The highest BCUT2D eigenvalue weighted by Crippen LogP contribution is 2.05. The number of aliphatic imine (C=N–C) groups is 1. The van der Waals surface area contributed by atoms with E-state index in [-0.39, 0.29) is 0 Å². The SMILES string of the molecule is CN(C)CCN(CCN(C)C)C(=NC#N)N(C)CCS(=O)Cc1ccco1. The Morgan fingerprint density at radius 2 is 1.74 bits per heavy atom. The van der Waals surface area contributed by atoms with Crippen molar-refractivity contribution in [1.29, 1.82) is 5.26 Å². The fraction of sp³-hybridized carbons (Fsp3) is 0.667. The first-order valence-electron chi connectivity index (χ1n) is 8.93. The molecular weight excluding hydrogens is 364 g/mol. The van der Waals surface area contributed by atoms with Crippen molar-refractivity contribution < 1.29 is 8.63 Å². The lowest BCUT2D eigenvalue weighted by Gasteiger charge is -2.33. The predicted molar refractivity (Wildman–Crippen MR) is 110 cm³/mol. The molecule has 1 atom stereocenters. The standard InChI is InChI=1S/C18H32N6O2S/c1-21(2)8-10-24(11-9-22(3)4)18(20-16-19)23(5)12-14-27(25)15-17-7-6-13-26-17/h6-7,13H,8-12,14-15H2,1-5H3. The van der Waals surface area contributed by atoms with Gasteiger partial charge in [0.2, 0.25) is 12.2 Å². The van der Waals surface area contributed by atoms with Crippen LogP contribution in [0.15, 0.2) is 27.8 Å². The number of guanidine groups is 1. The number of nitrogens with zero attached hydrogens (tertiary/aromatic N) is 6. The van der Waals surface area contributed by atoms with E-state index in [0.717, 1.165) is 31.9 Å². The Bertz CT molecular complexity index is 612. The molecule has 0 aliphatic heterocycles. The van der Waals surface area contributed by atoms with Crippen molar-refractivity contribution in [2.24, 2.45) is 4.99 Å². The summed E-state index contributed by atoms with van der Waals surface area (Å²) in [5, 5.41) is 9.15. The van der Waals surface area contributed by atoms with Crippen molar-refractivity contribution in [2.75, 3.05) is 73.7 Å². The smallest absolute Gasteiger partial charge is 0.212 e. The second-order valence-corrected chi connectivity index (χ2v) is 8.47. The topological polar surface area (TPSA) is 79.3 Å². The fourth-order valence-corrected chi connectivity index (χ4v) is 3.46. The monoisotopic (exact) mass is 396 g/mol. The minimum Gasteiger partial charge on any atom is -0.468 e. The van der Waals surface area contributed by atoms with Crippen molar-refractivity contribution in [1.82, 2.24) is 19.6 Å². The normalized spacial score (nSPS) is 13.0. The predicted octanol–water partition coefficient (Wildman–Crippen LogP) is 0.722. The van der Waals surface area contributed by atoms with Crippen LogP contribution in [-0.4, -0.2) is 103 Å². The van der Waals surface area contributed by atoms with Gasteiger partial charge < -0.3 is 24.0 Å². The van der Waals surface area contributed by atoms with Gasteiger partial charge in [-0.15, -0.1) is 4.99 Å². The highest BCUT2D eigenvalue weighted by atomic mass is 32.2. The van der Waals surface area contributed by atoms with E-state index in [0.29, 0.717) is 24.0 Å². The Labute approximate surface area is 165 Å². The lowest BCUT2D eigenvalue weighted by molar-refractivity contribution is 0.273. The Morgan fingerprint density at radius 1 is 1.11 bits per heavy atom. The molecule has 0 saturated carbocycles. The third kappa shape index (κ3) is 9.56. The molecule has 0 aromatic carbocycles. The minimum atomic E-state index is -1.03. The molecule has 0 amide bonds. The summed E-state index contributed by atoms with van der Waals surface area (Å²) >= 11 is 0. The van der Waals surface area contributed by atoms with Crippen LogP contribution in [0, 0.1) is 11.5 Å². The molecule has 1 unspecified atom stereocenters. The van der Waals surface area contributed by atoms with Crippen molar-refractivity contribution in [3.8, 4) is 6.19 Å². The Kier molecular flexibility index (Phi) is 10.7. The zero-order valence-electron chi connectivity index (χ0n) is 17.1. The molecular formula is C18H32N6O2S. The summed E-state index contributed by atoms with van der Waals surface area (Å²) in [6.07, 6.45) is 3.50. The molecule has 0 saturated heterocycles. The number of likely N-dealkylation sites (N-methyl/N-ethyl adjacent to an activating group) is 2. The summed E-state index contributed by atoms with van der Waals surface area (Å²) < 4.78 is 17.5. The van der Waals surface area contributed by atoms with Crippen LogP contribution in [0.5, 0.6) is 0 Å². The van der Waals surface area contributed by atoms with Crippen LogP contribution >= 0.6 is 0 Å². The van der Waals surface area contributed by atoms with E-state index in [4.69, 9.17) is 9.68 Å². The number of rotatable bonds is 11. The van der Waals surface area contributed by atoms with E-state index >= 15 is 0 Å². The summed E-state index contributed by atoms with van der Waals surface area (Å²) in [6, 6.07) is 3.62. The summed E-state index contributed by atoms with van der Waals surface area (Å²) in [7, 11) is 8.94. The molecule has 0 bridgehead atoms. The minimum absolute atomic E-state index is 0.399. The lowest BCUT2D eigenvalue weighted by atomic mass is 10.4. The first-order valence-corrected chi connectivity index (χ1v) is 10.4. The van der Waals surface area contributed by atoms with Gasteiger partial charge in [-0.1, -0.05) is 0 Å². The molecule has 1 aromatic rings. The van der Waals surface area contributed by atoms with Crippen LogP contribution in [-0.2, 0) is 16.6 Å². The van der Waals surface area contributed by atoms with Gasteiger partial charge in [-0.05, 0) is 40.3 Å². The fourth-order valence-electron chi connectivity index (χ4n) is 2.36. The second kappa shape index (κ2) is 12.5. The van der Waals surface area contributed by atoms with E-state index in [1.165, 1.54) is 0 Å². The van der Waals surface area contributed by atoms with E-state index in [1.54, 1.807) is 12.3 Å². The molecule has 1 rings (SSSR count). The molecule has 0 N–H and O–H groups in total. The Morgan fingerprint density at radius 3 is 2.22 bits per heavy atom. The van der Waals surface area contributed by atoms with Gasteiger partial charge >= 0.3 is 0 Å². The summed E-state index contributed by atoms with van der Waals surface area (Å²) in [4.78, 5) is 12.3. The summed E-state index contributed by atoms with van der Waals surface area (Å²) in [6.45, 7) is 3.79. The van der Waals surface area contributed by atoms with Gasteiger partial charge in [-0.3, -0.25) is 4.21 Å². The Hall–Kier alpha value is -1.89. The maximum atomic E-state index is 12.3. The third-order valence-electron chi connectivity index (χ3n) is 3.95. The van der Waals surface area contributed by atoms with Crippen LogP contribution < -0.4 is 0 Å². The van der Waals surface area contributed by atoms with E-state index in [1.807, 2.05) is 52.4 Å². The van der Waals surface area contributed by atoms with Crippen molar-refractivity contribution in [3.63, 3.8) is 0 Å². The number of furan rings is 1. The molecule has 1 aromatic heterocycles. The third-order valence-corrected chi connectivity index (χ3v) is 5.19. The van der Waals surface area contributed by atoms with Crippen LogP contribution in [0.4, 0.5) is 0 Å². The lowest BCUT2D eigenvalue weighted by Crippen LogP contribution is -2.48. The molecule has 8 nitrogen and oxygen atoms in total. The van der Waals surface area contributed by atoms with Crippen molar-refractivity contribution >= 4 is 16.8 Å². The van der Waals surface area contributed by atoms with E-state index in [9.17, 15) is 4.21 Å². The largest absolute Gasteiger partial charge is 0.468 e. The zero-order chi connectivity index (χ0) is 20.2. The van der Waals surface area contributed by atoms with Crippen molar-refractivity contribution in [2.45, 2.75) is 5.75 Å². The molecule has 27 heavy (non-hydrogen) atoms. The zero-order valence-corrected chi connectivity index (χ0v) is 17.9. The van der Waals surface area contributed by atoms with Crippen LogP contribution in [0.1, 0.15) is 5.76 Å². The highest BCUT2D eigenvalue weighted by molar-refractivity contribution is 7.84.